The Hall–Kier alpha value is -1.59. The van der Waals surface area contributed by atoms with E-state index in [2.05, 4.69) is 5.32 Å². The van der Waals surface area contributed by atoms with Crippen LogP contribution in [0.3, 0.4) is 0 Å². The highest BCUT2D eigenvalue weighted by Gasteiger charge is 2.21. The van der Waals surface area contributed by atoms with Gasteiger partial charge in [0.1, 0.15) is 0 Å². The summed E-state index contributed by atoms with van der Waals surface area (Å²) in [6.45, 7) is 5.61. The standard InChI is InChI=1S/C15H22N2O3.ClH/c1-4-20-14(18)9-13(17-15(19)11(3)16)12-8-6-5-7-10(12)2;/h5-8,11,13H,4,9,16H2,1-3H3,(H,17,19);1H/t11-,13?;/m1./s1. The molecule has 1 amide bonds. The SMILES string of the molecule is CCOC(=O)CC(NC(=O)[C@@H](C)N)c1ccccc1C.Cl. The molecule has 1 unspecified atom stereocenters. The first-order chi connectivity index (χ1) is 9.45. The summed E-state index contributed by atoms with van der Waals surface area (Å²) in [5, 5.41) is 2.80. The number of hydrogen-bond acceptors (Lipinski definition) is 4. The minimum Gasteiger partial charge on any atom is -0.466 e. The van der Waals surface area contributed by atoms with Gasteiger partial charge in [-0.2, -0.15) is 0 Å². The molecule has 0 saturated carbocycles. The van der Waals surface area contributed by atoms with Gasteiger partial charge in [0.05, 0.1) is 25.1 Å². The van der Waals surface area contributed by atoms with Gasteiger partial charge in [-0.15, -0.1) is 12.4 Å². The molecule has 0 bridgehead atoms. The molecule has 0 aromatic heterocycles. The lowest BCUT2D eigenvalue weighted by molar-refractivity contribution is -0.143. The topological polar surface area (TPSA) is 81.4 Å². The average Bonchev–Trinajstić information content (AvgIpc) is 2.38. The van der Waals surface area contributed by atoms with Gasteiger partial charge in [0, 0.05) is 0 Å². The molecule has 0 heterocycles. The van der Waals surface area contributed by atoms with Crippen molar-refractivity contribution in [3.05, 3.63) is 35.4 Å². The van der Waals surface area contributed by atoms with Gasteiger partial charge in [0.2, 0.25) is 5.91 Å². The highest BCUT2D eigenvalue weighted by atomic mass is 35.5. The number of rotatable bonds is 6. The largest absolute Gasteiger partial charge is 0.466 e. The molecule has 0 aliphatic rings. The summed E-state index contributed by atoms with van der Waals surface area (Å²) < 4.78 is 4.95. The molecule has 118 valence electrons. The van der Waals surface area contributed by atoms with Crippen molar-refractivity contribution in [2.45, 2.75) is 39.3 Å². The van der Waals surface area contributed by atoms with E-state index in [1.54, 1.807) is 13.8 Å². The molecule has 0 fully saturated rings. The van der Waals surface area contributed by atoms with Gasteiger partial charge in [-0.25, -0.2) is 0 Å². The number of ether oxygens (including phenoxy) is 1. The van der Waals surface area contributed by atoms with E-state index in [4.69, 9.17) is 10.5 Å². The molecule has 0 radical (unpaired) electrons. The Balaban J connectivity index is 0.00000400. The Bertz CT molecular complexity index is 478. The average molecular weight is 315 g/mol. The zero-order valence-corrected chi connectivity index (χ0v) is 13.4. The molecule has 1 rings (SSSR count). The van der Waals surface area contributed by atoms with Crippen LogP contribution in [0.15, 0.2) is 24.3 Å². The number of benzene rings is 1. The maximum absolute atomic E-state index is 11.8. The van der Waals surface area contributed by atoms with E-state index in [0.717, 1.165) is 11.1 Å². The molecule has 1 aromatic carbocycles. The number of nitrogens with two attached hydrogens (primary N) is 1. The van der Waals surface area contributed by atoms with Crippen LogP contribution in [0.4, 0.5) is 0 Å². The molecule has 0 spiro atoms. The summed E-state index contributed by atoms with van der Waals surface area (Å²) in [7, 11) is 0. The molecule has 0 saturated heterocycles. The molecule has 0 aliphatic heterocycles. The molecule has 6 heteroatoms. The van der Waals surface area contributed by atoms with Crippen LogP contribution in [-0.4, -0.2) is 24.5 Å². The van der Waals surface area contributed by atoms with Crippen LogP contribution in [0.1, 0.15) is 37.4 Å². The van der Waals surface area contributed by atoms with Crippen molar-refractivity contribution >= 4 is 24.3 Å². The maximum atomic E-state index is 11.8. The third-order valence-electron chi connectivity index (χ3n) is 2.97. The van der Waals surface area contributed by atoms with Gasteiger partial charge < -0.3 is 15.8 Å². The molecule has 21 heavy (non-hydrogen) atoms. The molecule has 1 aromatic rings. The second-order valence-electron chi connectivity index (χ2n) is 4.72. The molecular formula is C15H23ClN2O3. The fourth-order valence-corrected chi connectivity index (χ4v) is 1.91. The number of esters is 1. The van der Waals surface area contributed by atoms with Crippen LogP contribution in [0.25, 0.3) is 0 Å². The van der Waals surface area contributed by atoms with Crippen molar-refractivity contribution in [2.24, 2.45) is 5.73 Å². The van der Waals surface area contributed by atoms with E-state index in [9.17, 15) is 9.59 Å². The van der Waals surface area contributed by atoms with E-state index in [1.807, 2.05) is 31.2 Å². The van der Waals surface area contributed by atoms with Crippen molar-refractivity contribution in [1.29, 1.82) is 0 Å². The van der Waals surface area contributed by atoms with Crippen LogP contribution < -0.4 is 11.1 Å². The van der Waals surface area contributed by atoms with Gasteiger partial charge in [0.25, 0.3) is 0 Å². The maximum Gasteiger partial charge on any atom is 0.308 e. The van der Waals surface area contributed by atoms with Crippen LogP contribution in [0.2, 0.25) is 0 Å². The number of aryl methyl sites for hydroxylation is 1. The Kier molecular flexibility index (Phi) is 8.66. The van der Waals surface area contributed by atoms with Gasteiger partial charge in [-0.05, 0) is 31.9 Å². The zero-order chi connectivity index (χ0) is 15.1. The lowest BCUT2D eigenvalue weighted by Gasteiger charge is -2.21. The first kappa shape index (κ1) is 19.4. The fourth-order valence-electron chi connectivity index (χ4n) is 1.91. The summed E-state index contributed by atoms with van der Waals surface area (Å²) in [5.74, 6) is -0.631. The van der Waals surface area contributed by atoms with Crippen molar-refractivity contribution in [3.8, 4) is 0 Å². The molecule has 3 N–H and O–H groups in total. The predicted molar refractivity (Wildman–Crippen MR) is 84.2 cm³/mol. The van der Waals surface area contributed by atoms with Gasteiger partial charge in [0.15, 0.2) is 0 Å². The Morgan fingerprint density at radius 1 is 1.33 bits per heavy atom. The molecule has 2 atom stereocenters. The summed E-state index contributed by atoms with van der Waals surface area (Å²) >= 11 is 0. The van der Waals surface area contributed by atoms with Gasteiger partial charge in [-0.1, -0.05) is 24.3 Å². The van der Waals surface area contributed by atoms with E-state index < -0.39 is 12.1 Å². The van der Waals surface area contributed by atoms with Crippen molar-refractivity contribution in [1.82, 2.24) is 5.32 Å². The predicted octanol–water partition coefficient (Wildman–Crippen LogP) is 1.87. The van der Waals surface area contributed by atoms with Crippen LogP contribution in [0.5, 0.6) is 0 Å². The zero-order valence-electron chi connectivity index (χ0n) is 12.6. The lowest BCUT2D eigenvalue weighted by Crippen LogP contribution is -2.41. The van der Waals surface area contributed by atoms with Gasteiger partial charge in [-0.3, -0.25) is 9.59 Å². The van der Waals surface area contributed by atoms with Crippen molar-refractivity contribution in [2.75, 3.05) is 6.61 Å². The summed E-state index contributed by atoms with van der Waals surface area (Å²) in [5.41, 5.74) is 7.47. The summed E-state index contributed by atoms with van der Waals surface area (Å²) in [6.07, 6.45) is 0.0944. The van der Waals surface area contributed by atoms with E-state index in [1.165, 1.54) is 0 Å². The Morgan fingerprint density at radius 2 is 1.95 bits per heavy atom. The lowest BCUT2D eigenvalue weighted by atomic mass is 9.98. The highest BCUT2D eigenvalue weighted by molar-refractivity contribution is 5.85. The Labute approximate surface area is 131 Å². The molecular weight excluding hydrogens is 292 g/mol. The van der Waals surface area contributed by atoms with Crippen molar-refractivity contribution < 1.29 is 14.3 Å². The quantitative estimate of drug-likeness (QED) is 0.785. The first-order valence-electron chi connectivity index (χ1n) is 6.72. The summed E-state index contributed by atoms with van der Waals surface area (Å²) in [4.78, 5) is 23.5. The van der Waals surface area contributed by atoms with Crippen LogP contribution in [-0.2, 0) is 14.3 Å². The number of nitrogens with one attached hydrogen (secondary N) is 1. The van der Waals surface area contributed by atoms with Crippen LogP contribution >= 0.6 is 12.4 Å². The van der Waals surface area contributed by atoms with E-state index in [-0.39, 0.29) is 30.7 Å². The number of hydrogen-bond donors (Lipinski definition) is 2. The molecule has 0 aliphatic carbocycles. The number of carbonyl (C=O) groups excluding carboxylic acids is 2. The number of halogens is 1. The second-order valence-corrected chi connectivity index (χ2v) is 4.72. The van der Waals surface area contributed by atoms with E-state index >= 15 is 0 Å². The number of amides is 1. The van der Waals surface area contributed by atoms with Gasteiger partial charge >= 0.3 is 5.97 Å². The monoisotopic (exact) mass is 314 g/mol. The highest BCUT2D eigenvalue weighted by Crippen LogP contribution is 2.21. The second kappa shape index (κ2) is 9.37. The fraction of sp³-hybridized carbons (Fsp3) is 0.467. The molecule has 5 nitrogen and oxygen atoms in total. The normalized spacial score (nSPS) is 12.8. The van der Waals surface area contributed by atoms with Crippen LogP contribution in [0, 0.1) is 6.92 Å². The minimum atomic E-state index is -0.622. The first-order valence-corrected chi connectivity index (χ1v) is 6.72. The number of carbonyl (C=O) groups is 2. The summed E-state index contributed by atoms with van der Waals surface area (Å²) in [6, 6.07) is 6.57. The third-order valence-corrected chi connectivity index (χ3v) is 2.97. The van der Waals surface area contributed by atoms with Crippen molar-refractivity contribution in [3.63, 3.8) is 0 Å². The smallest absolute Gasteiger partial charge is 0.308 e. The third kappa shape index (κ3) is 6.14. The minimum absolute atomic E-state index is 0. The van der Waals surface area contributed by atoms with E-state index in [0.29, 0.717) is 6.61 Å². The Morgan fingerprint density at radius 3 is 2.48 bits per heavy atom.